The highest BCUT2D eigenvalue weighted by Gasteiger charge is 2.44. The van der Waals surface area contributed by atoms with Crippen LogP contribution in [0.4, 0.5) is 9.18 Å². The maximum atomic E-state index is 11.9. The highest BCUT2D eigenvalue weighted by atomic mass is 127. The Morgan fingerprint density at radius 1 is 1.21 bits per heavy atom. The second-order valence-corrected chi connectivity index (χ2v) is 7.56. The van der Waals surface area contributed by atoms with Gasteiger partial charge >= 0.3 is 17.4 Å². The molecule has 1 aliphatic rings. The molecule has 0 spiro atoms. The summed E-state index contributed by atoms with van der Waals surface area (Å²) in [6, 6.07) is 0.481. The number of aromatic amines is 2. The Balaban J connectivity index is 0.000000237. The van der Waals surface area contributed by atoms with Gasteiger partial charge in [-0.15, -0.1) is 0 Å². The topological polar surface area (TPSA) is 168 Å². The number of aromatic nitrogens is 4. The van der Waals surface area contributed by atoms with E-state index in [1.54, 1.807) is 22.9 Å². The number of alkyl halides is 2. The van der Waals surface area contributed by atoms with E-state index in [9.17, 15) is 33.2 Å². The Hall–Kier alpha value is -2.56. The number of carbonyl (C=O) groups excluding carboxylic acids is 2. The number of hydrogen-bond acceptors (Lipinski definition) is 6. The Morgan fingerprint density at radius 2 is 1.89 bits per heavy atom. The van der Waals surface area contributed by atoms with Crippen molar-refractivity contribution in [3.8, 4) is 0 Å². The maximum Gasteiger partial charge on any atom is 0.341 e. The number of amides is 3. The van der Waals surface area contributed by atoms with Gasteiger partial charge in [-0.25, -0.2) is 26.1 Å². The summed E-state index contributed by atoms with van der Waals surface area (Å²) < 4.78 is 12.0. The van der Waals surface area contributed by atoms with Gasteiger partial charge in [-0.1, -0.05) is 0 Å². The zero-order valence-corrected chi connectivity index (χ0v) is 17.4. The Kier molecular flexibility index (Phi) is 6.70. The second kappa shape index (κ2) is 8.63. The average molecular weight is 573 g/mol. The molecule has 150 valence electrons. The van der Waals surface area contributed by atoms with E-state index in [0.29, 0.717) is 0 Å². The number of nitrogens with zero attached hydrogens (tertiary/aromatic N) is 2. The van der Waals surface area contributed by atoms with Crippen LogP contribution < -0.4 is 33.1 Å². The Labute approximate surface area is 175 Å². The fourth-order valence-corrected chi connectivity index (χ4v) is 2.96. The van der Waals surface area contributed by atoms with Gasteiger partial charge in [0.05, 0.1) is 35.0 Å². The number of hydrogen-bond donors (Lipinski definition) is 4. The minimum absolute atomic E-state index is 0.0698. The Morgan fingerprint density at radius 3 is 2.46 bits per heavy atom. The van der Waals surface area contributed by atoms with Gasteiger partial charge in [0.2, 0.25) is 4.45 Å². The van der Waals surface area contributed by atoms with Gasteiger partial charge in [0, 0.05) is 18.5 Å². The summed E-state index contributed by atoms with van der Waals surface area (Å²) in [5, 5.41) is 4.34. The van der Waals surface area contributed by atoms with Crippen LogP contribution in [0.15, 0.2) is 37.6 Å². The molecule has 3 rings (SSSR count). The molecule has 28 heavy (non-hydrogen) atoms. The van der Waals surface area contributed by atoms with Crippen molar-refractivity contribution in [1.29, 1.82) is 0 Å². The van der Waals surface area contributed by atoms with E-state index < -0.39 is 45.6 Å². The molecular weight excluding hydrogens is 562 g/mol. The van der Waals surface area contributed by atoms with E-state index in [1.165, 1.54) is 6.20 Å². The third-order valence-corrected chi connectivity index (χ3v) is 5.12. The van der Waals surface area contributed by atoms with Crippen molar-refractivity contribution in [1.82, 2.24) is 27.9 Å². The molecule has 0 bridgehead atoms. The third-order valence-electron chi connectivity index (χ3n) is 3.40. The molecule has 1 saturated heterocycles. The molecule has 1 atom stereocenters. The van der Waals surface area contributed by atoms with Gasteiger partial charge in [-0.2, -0.15) is 0 Å². The van der Waals surface area contributed by atoms with Gasteiger partial charge in [0.1, 0.15) is 6.67 Å². The van der Waals surface area contributed by atoms with E-state index in [4.69, 9.17) is 0 Å². The lowest BCUT2D eigenvalue weighted by atomic mass is 10.2. The van der Waals surface area contributed by atoms with Crippen LogP contribution in [0.5, 0.6) is 0 Å². The highest BCUT2D eigenvalue weighted by Crippen LogP contribution is 2.23. The van der Waals surface area contributed by atoms with Crippen LogP contribution in [0.3, 0.4) is 0 Å². The highest BCUT2D eigenvalue weighted by molar-refractivity contribution is 14.1. The van der Waals surface area contributed by atoms with Crippen molar-refractivity contribution >= 4 is 50.7 Å². The predicted molar refractivity (Wildman–Crippen MR) is 105 cm³/mol. The fourth-order valence-electron chi connectivity index (χ4n) is 2.02. The van der Waals surface area contributed by atoms with Gasteiger partial charge < -0.3 is 10.3 Å². The lowest BCUT2D eigenvalue weighted by Gasteiger charge is -2.31. The molecule has 1 unspecified atom stereocenters. The molecule has 2 aromatic heterocycles. The van der Waals surface area contributed by atoms with Crippen LogP contribution in [0, 0.1) is 0 Å². The van der Waals surface area contributed by atoms with Crippen LogP contribution in [-0.4, -0.2) is 35.8 Å². The molecule has 0 aromatic carbocycles. The maximum absolute atomic E-state index is 11.9. The van der Waals surface area contributed by atoms with Crippen molar-refractivity contribution in [3.05, 3.63) is 65.7 Å². The molecule has 15 heteroatoms. The van der Waals surface area contributed by atoms with Crippen molar-refractivity contribution in [2.45, 2.75) is 11.1 Å². The number of halogens is 3. The largest absolute Gasteiger partial charge is 0.341 e. The minimum Gasteiger partial charge on any atom is -0.334 e. The molecule has 1 aliphatic heterocycles. The summed E-state index contributed by atoms with van der Waals surface area (Å²) in [6.07, 6.45) is 2.35. The first kappa shape index (κ1) is 21.7. The first-order valence-electron chi connectivity index (χ1n) is 7.26. The van der Waals surface area contributed by atoms with Crippen molar-refractivity contribution < 1.29 is 14.0 Å². The molecule has 1 fully saturated rings. The third kappa shape index (κ3) is 4.46. The summed E-state index contributed by atoms with van der Waals surface area (Å²) in [5.74, 6) is -0.770. The second-order valence-electron chi connectivity index (χ2n) is 5.21. The zero-order chi connectivity index (χ0) is 21.1. The Bertz CT molecular complexity index is 1160. The number of H-pyrrole nitrogens is 2. The van der Waals surface area contributed by atoms with E-state index >= 15 is 0 Å². The molecule has 3 amide bonds. The fraction of sp³-hybridized carbons (Fsp3) is 0.231. The quantitative estimate of drug-likeness (QED) is 0.256. The van der Waals surface area contributed by atoms with Crippen LogP contribution in [-0.2, 0) is 15.9 Å². The summed E-state index contributed by atoms with van der Waals surface area (Å²) in [7, 11) is 0. The van der Waals surface area contributed by atoms with Gasteiger partial charge in [-0.3, -0.25) is 24.7 Å². The number of rotatable bonds is 2. The summed E-state index contributed by atoms with van der Waals surface area (Å²) in [6.45, 7) is -1.07. The molecule has 2 aromatic rings. The van der Waals surface area contributed by atoms with Crippen molar-refractivity contribution in [3.63, 3.8) is 0 Å². The first-order valence-corrected chi connectivity index (χ1v) is 9.02. The average Bonchev–Trinajstić information content (AvgIpc) is 2.63. The number of urea groups is 1. The normalized spacial score (nSPS) is 18.5. The molecule has 0 aliphatic carbocycles. The molecule has 0 saturated carbocycles. The molecular formula is C13H11BrFIN6O6. The molecule has 4 N–H and O–H groups in total. The van der Waals surface area contributed by atoms with Crippen LogP contribution in [0.2, 0.25) is 0 Å². The van der Waals surface area contributed by atoms with Crippen LogP contribution >= 0.6 is 38.8 Å². The van der Waals surface area contributed by atoms with Crippen molar-refractivity contribution in [2.24, 2.45) is 0 Å². The number of carbonyl (C=O) groups is 2. The van der Waals surface area contributed by atoms with Gasteiger partial charge in [-0.05, 0) is 15.9 Å². The zero-order valence-electron chi connectivity index (χ0n) is 13.6. The smallest absolute Gasteiger partial charge is 0.334 e. The SMILES string of the molecule is O=C1NCC(Br)(n2c(=O)ccn(I)c2=O)C(=O)N1.O=c1[nH]cc(CF)c(=O)[nH]1. The monoisotopic (exact) mass is 572 g/mol. The minimum atomic E-state index is -1.62. The summed E-state index contributed by atoms with van der Waals surface area (Å²) in [5.41, 5.74) is -2.68. The van der Waals surface area contributed by atoms with E-state index in [0.717, 1.165) is 19.6 Å². The lowest BCUT2D eigenvalue weighted by molar-refractivity contribution is -0.125. The summed E-state index contributed by atoms with van der Waals surface area (Å²) >= 11 is 4.74. The molecule has 3 heterocycles. The van der Waals surface area contributed by atoms with E-state index in [-0.39, 0.29) is 12.1 Å². The van der Waals surface area contributed by atoms with E-state index in [2.05, 4.69) is 26.2 Å². The lowest BCUT2D eigenvalue weighted by Crippen LogP contribution is -2.65. The number of nitrogens with one attached hydrogen (secondary N) is 4. The number of imide groups is 1. The van der Waals surface area contributed by atoms with E-state index in [1.807, 2.05) is 10.3 Å². The van der Waals surface area contributed by atoms with Gasteiger partial charge in [0.25, 0.3) is 17.0 Å². The van der Waals surface area contributed by atoms with Crippen molar-refractivity contribution in [2.75, 3.05) is 6.54 Å². The summed E-state index contributed by atoms with van der Waals surface area (Å²) in [4.78, 5) is 71.4. The molecule has 12 nitrogen and oxygen atoms in total. The van der Waals surface area contributed by atoms with Crippen LogP contribution in [0.25, 0.3) is 0 Å². The predicted octanol–water partition coefficient (Wildman–Crippen LogP) is -1.37. The standard InChI is InChI=1S/C8H6BrIN4O4.C5H5FN2O2/c9-8(3-11-6(17)12-5(8)16)14-4(15)1-2-13(10)7(14)18;6-1-3-2-7-5(10)8-4(3)9/h1-2H,3H2,(H2,11,12,16,17);2H,1H2,(H2,7,8,9,10). The first-order chi connectivity index (χ1) is 13.1. The molecule has 0 radical (unpaired) electrons. The van der Waals surface area contributed by atoms with Crippen LogP contribution in [0.1, 0.15) is 5.56 Å². The van der Waals surface area contributed by atoms with Gasteiger partial charge in [0.15, 0.2) is 0 Å².